The van der Waals surface area contributed by atoms with Gasteiger partial charge in [0.25, 0.3) is 5.92 Å². The van der Waals surface area contributed by atoms with E-state index < -0.39 is 30.2 Å². The maximum Gasteiger partial charge on any atom is 0.319 e. The summed E-state index contributed by atoms with van der Waals surface area (Å²) in [4.78, 5) is 17.7. The van der Waals surface area contributed by atoms with Crippen LogP contribution < -0.4 is 10.6 Å². The Bertz CT molecular complexity index is 580. The topological polar surface area (TPSA) is 86.7 Å². The minimum Gasteiger partial charge on any atom is -0.388 e. The van der Waals surface area contributed by atoms with Crippen LogP contribution in [0.5, 0.6) is 0 Å². The first-order valence-electron chi connectivity index (χ1n) is 8.30. The molecule has 3 heterocycles. The molecule has 3 rings (SSSR count). The molecule has 2 fully saturated rings. The lowest BCUT2D eigenvalue weighted by atomic mass is 10.0. The number of anilines is 1. The lowest BCUT2D eigenvalue weighted by Gasteiger charge is -2.33. The van der Waals surface area contributed by atoms with Crippen LogP contribution in [-0.4, -0.2) is 71.4 Å². The van der Waals surface area contributed by atoms with Crippen molar-refractivity contribution in [2.75, 3.05) is 31.6 Å². The van der Waals surface area contributed by atoms with Crippen LogP contribution in [0.2, 0.25) is 0 Å². The standard InChI is InChI=1S/C16H22F2N4O3/c17-16(18)3-6-22(7-4-16)9-13-14(23)12(10-25-13)21-15(24)20-11-2-1-5-19-8-11/h1-2,5,8,12-14,23H,3-4,6-7,9-10H2,(H2,20,21,24). The van der Waals surface area contributed by atoms with Crippen molar-refractivity contribution in [3.8, 4) is 0 Å². The molecule has 3 unspecified atom stereocenters. The van der Waals surface area contributed by atoms with Crippen molar-refractivity contribution >= 4 is 11.7 Å². The van der Waals surface area contributed by atoms with Crippen LogP contribution in [-0.2, 0) is 4.74 Å². The summed E-state index contributed by atoms with van der Waals surface area (Å²) in [5, 5.41) is 15.6. The molecule has 3 N–H and O–H groups in total. The Morgan fingerprint density at radius 2 is 2.20 bits per heavy atom. The van der Waals surface area contributed by atoms with Crippen molar-refractivity contribution in [2.45, 2.75) is 37.0 Å². The number of urea groups is 1. The molecule has 3 atom stereocenters. The number of hydrogen-bond donors (Lipinski definition) is 3. The third kappa shape index (κ3) is 4.83. The second-order valence-corrected chi connectivity index (χ2v) is 6.47. The fourth-order valence-corrected chi connectivity index (χ4v) is 3.06. The number of likely N-dealkylation sites (tertiary alicyclic amines) is 1. The molecule has 9 heteroatoms. The van der Waals surface area contributed by atoms with Crippen LogP contribution in [0.3, 0.4) is 0 Å². The minimum absolute atomic E-state index is 0.176. The first-order valence-corrected chi connectivity index (χ1v) is 8.30. The Morgan fingerprint density at radius 3 is 2.88 bits per heavy atom. The minimum atomic E-state index is -2.60. The first-order chi connectivity index (χ1) is 11.9. The Labute approximate surface area is 144 Å². The summed E-state index contributed by atoms with van der Waals surface area (Å²) >= 11 is 0. The molecule has 0 spiro atoms. The number of aliphatic hydroxyl groups is 1. The predicted molar refractivity (Wildman–Crippen MR) is 86.5 cm³/mol. The van der Waals surface area contributed by atoms with Gasteiger partial charge in [0, 0.05) is 38.7 Å². The van der Waals surface area contributed by atoms with E-state index in [1.54, 1.807) is 18.3 Å². The Balaban J connectivity index is 1.45. The SMILES string of the molecule is O=C(Nc1cccnc1)NC1COC(CN2CCC(F)(F)CC2)C1O. The monoisotopic (exact) mass is 356 g/mol. The molecule has 0 radical (unpaired) electrons. The van der Waals surface area contributed by atoms with Gasteiger partial charge >= 0.3 is 6.03 Å². The number of nitrogens with zero attached hydrogens (tertiary/aromatic N) is 2. The zero-order valence-corrected chi connectivity index (χ0v) is 13.7. The van der Waals surface area contributed by atoms with Gasteiger partial charge in [0.05, 0.1) is 30.6 Å². The average molecular weight is 356 g/mol. The molecule has 7 nitrogen and oxygen atoms in total. The average Bonchev–Trinajstić information content (AvgIpc) is 2.91. The number of aromatic nitrogens is 1. The summed E-state index contributed by atoms with van der Waals surface area (Å²) in [5.74, 6) is -2.60. The molecule has 25 heavy (non-hydrogen) atoms. The Kier molecular flexibility index (Phi) is 5.45. The van der Waals surface area contributed by atoms with E-state index in [2.05, 4.69) is 15.6 Å². The summed E-state index contributed by atoms with van der Waals surface area (Å²) in [6, 6.07) is 2.39. The molecule has 0 aromatic carbocycles. The van der Waals surface area contributed by atoms with Gasteiger partial charge in [-0.2, -0.15) is 0 Å². The summed E-state index contributed by atoms with van der Waals surface area (Å²) in [5.41, 5.74) is 0.541. The number of pyridine rings is 1. The van der Waals surface area contributed by atoms with Gasteiger partial charge in [-0.05, 0) is 12.1 Å². The van der Waals surface area contributed by atoms with E-state index in [1.807, 2.05) is 4.90 Å². The molecule has 2 aliphatic heterocycles. The molecule has 138 valence electrons. The normalized spacial score (nSPS) is 29.3. The van der Waals surface area contributed by atoms with Gasteiger partial charge < -0.3 is 25.4 Å². The van der Waals surface area contributed by atoms with E-state index >= 15 is 0 Å². The van der Waals surface area contributed by atoms with Gasteiger partial charge in [0.1, 0.15) is 6.10 Å². The Hall–Kier alpha value is -1.84. The van der Waals surface area contributed by atoms with Gasteiger partial charge in [-0.15, -0.1) is 0 Å². The molecule has 0 saturated carbocycles. The summed E-state index contributed by atoms with van der Waals surface area (Å²) in [7, 11) is 0. The number of hydrogen-bond acceptors (Lipinski definition) is 5. The highest BCUT2D eigenvalue weighted by Crippen LogP contribution is 2.28. The van der Waals surface area contributed by atoms with Crippen LogP contribution in [0.1, 0.15) is 12.8 Å². The van der Waals surface area contributed by atoms with Crippen LogP contribution in [0.15, 0.2) is 24.5 Å². The highest BCUT2D eigenvalue weighted by atomic mass is 19.3. The summed E-state index contributed by atoms with van der Waals surface area (Å²) in [6.45, 7) is 1.11. The third-order valence-corrected chi connectivity index (χ3v) is 4.54. The largest absolute Gasteiger partial charge is 0.388 e. The number of halogens is 2. The zero-order valence-electron chi connectivity index (χ0n) is 13.7. The van der Waals surface area contributed by atoms with Crippen LogP contribution in [0, 0.1) is 0 Å². The second-order valence-electron chi connectivity index (χ2n) is 6.47. The fraction of sp³-hybridized carbons (Fsp3) is 0.625. The fourth-order valence-electron chi connectivity index (χ4n) is 3.06. The van der Waals surface area contributed by atoms with E-state index in [-0.39, 0.29) is 32.5 Å². The summed E-state index contributed by atoms with van der Waals surface area (Å²) in [6.07, 6.45) is 1.36. The molecule has 2 aliphatic rings. The first kappa shape index (κ1) is 18.0. The van der Waals surface area contributed by atoms with E-state index in [4.69, 9.17) is 4.74 Å². The second kappa shape index (κ2) is 7.59. The number of carbonyl (C=O) groups excluding carboxylic acids is 1. The highest BCUT2D eigenvalue weighted by Gasteiger charge is 2.40. The number of amides is 2. The molecule has 1 aromatic heterocycles. The smallest absolute Gasteiger partial charge is 0.319 e. The van der Waals surface area contributed by atoms with E-state index in [1.165, 1.54) is 6.20 Å². The molecule has 0 bridgehead atoms. The molecule has 1 aromatic rings. The van der Waals surface area contributed by atoms with Crippen molar-refractivity contribution in [3.63, 3.8) is 0 Å². The number of nitrogens with one attached hydrogen (secondary N) is 2. The van der Waals surface area contributed by atoms with Crippen LogP contribution >= 0.6 is 0 Å². The maximum absolute atomic E-state index is 13.2. The van der Waals surface area contributed by atoms with E-state index in [0.29, 0.717) is 12.2 Å². The van der Waals surface area contributed by atoms with Crippen LogP contribution in [0.4, 0.5) is 19.3 Å². The van der Waals surface area contributed by atoms with Crippen molar-refractivity contribution < 1.29 is 23.4 Å². The van der Waals surface area contributed by atoms with Gasteiger partial charge in [-0.1, -0.05) is 0 Å². The lowest BCUT2D eigenvalue weighted by molar-refractivity contribution is -0.0674. The predicted octanol–water partition coefficient (Wildman–Crippen LogP) is 1.06. The maximum atomic E-state index is 13.2. The number of carbonyl (C=O) groups is 1. The molecular weight excluding hydrogens is 334 g/mol. The molecule has 0 aliphatic carbocycles. The van der Waals surface area contributed by atoms with Crippen molar-refractivity contribution in [1.29, 1.82) is 0 Å². The van der Waals surface area contributed by atoms with Gasteiger partial charge in [0.15, 0.2) is 0 Å². The van der Waals surface area contributed by atoms with E-state index in [9.17, 15) is 18.7 Å². The van der Waals surface area contributed by atoms with Gasteiger partial charge in [-0.25, -0.2) is 13.6 Å². The van der Waals surface area contributed by atoms with Gasteiger partial charge in [-0.3, -0.25) is 4.98 Å². The number of aliphatic hydroxyl groups excluding tert-OH is 1. The van der Waals surface area contributed by atoms with E-state index in [0.717, 1.165) is 0 Å². The third-order valence-electron chi connectivity index (χ3n) is 4.54. The molecule has 2 amide bonds. The lowest BCUT2D eigenvalue weighted by Crippen LogP contribution is -2.49. The molecule has 2 saturated heterocycles. The number of ether oxygens (including phenoxy) is 1. The number of rotatable bonds is 4. The van der Waals surface area contributed by atoms with Crippen molar-refractivity contribution in [1.82, 2.24) is 15.2 Å². The van der Waals surface area contributed by atoms with Crippen molar-refractivity contribution in [2.24, 2.45) is 0 Å². The van der Waals surface area contributed by atoms with Crippen LogP contribution in [0.25, 0.3) is 0 Å². The number of alkyl halides is 2. The van der Waals surface area contributed by atoms with Crippen molar-refractivity contribution in [3.05, 3.63) is 24.5 Å². The highest BCUT2D eigenvalue weighted by molar-refractivity contribution is 5.89. The van der Waals surface area contributed by atoms with Gasteiger partial charge in [0.2, 0.25) is 0 Å². The summed E-state index contributed by atoms with van der Waals surface area (Å²) < 4.78 is 31.9. The quantitative estimate of drug-likeness (QED) is 0.751. The number of piperidine rings is 1. The Morgan fingerprint density at radius 1 is 1.44 bits per heavy atom. The zero-order chi connectivity index (χ0) is 17.9. The molecular formula is C16H22F2N4O3.